The van der Waals surface area contributed by atoms with Crippen LogP contribution in [0, 0.1) is 6.92 Å². The van der Waals surface area contributed by atoms with Gasteiger partial charge < -0.3 is 9.67 Å². The molecule has 98 valence electrons. The number of nitrogens with zero attached hydrogens (tertiary/aromatic N) is 1. The van der Waals surface area contributed by atoms with Gasteiger partial charge in [-0.25, -0.2) is 4.79 Å². The number of hydrogen-bond donors (Lipinski definition) is 1. The van der Waals surface area contributed by atoms with Gasteiger partial charge in [0, 0.05) is 35.1 Å². The molecule has 0 aliphatic rings. The number of carbonyl (C=O) groups excluding carboxylic acids is 1. The molecule has 1 aromatic carbocycles. The maximum absolute atomic E-state index is 11.4. The zero-order valence-corrected chi connectivity index (χ0v) is 11.2. The summed E-state index contributed by atoms with van der Waals surface area (Å²) in [4.78, 5) is 22.5. The zero-order valence-electron chi connectivity index (χ0n) is 10.5. The van der Waals surface area contributed by atoms with Gasteiger partial charge in [0.1, 0.15) is 0 Å². The number of carboxylic acid groups (broad SMARTS) is 1. The first kappa shape index (κ1) is 13.4. The van der Waals surface area contributed by atoms with Crippen LogP contribution in [0.25, 0.3) is 11.1 Å². The van der Waals surface area contributed by atoms with E-state index in [2.05, 4.69) is 0 Å². The van der Waals surface area contributed by atoms with E-state index in [0.29, 0.717) is 33.7 Å². The number of benzene rings is 1. The number of aryl methyl sites for hydroxylation is 1. The van der Waals surface area contributed by atoms with Gasteiger partial charge >= 0.3 is 5.97 Å². The summed E-state index contributed by atoms with van der Waals surface area (Å²) in [6.45, 7) is 1.72. The first-order valence-corrected chi connectivity index (χ1v) is 5.97. The SMILES string of the molecule is Cc1c(C(=O)O)c(-c2cc(Cl)ccc2C=O)cn1C. The summed E-state index contributed by atoms with van der Waals surface area (Å²) in [5.74, 6) is -1.02. The summed E-state index contributed by atoms with van der Waals surface area (Å²) in [5, 5.41) is 9.78. The predicted molar refractivity (Wildman–Crippen MR) is 72.9 cm³/mol. The molecule has 1 N–H and O–H groups in total. The number of halogens is 1. The van der Waals surface area contributed by atoms with Crippen molar-refractivity contribution in [2.75, 3.05) is 0 Å². The van der Waals surface area contributed by atoms with Crippen LogP contribution in [0.3, 0.4) is 0 Å². The Morgan fingerprint density at radius 1 is 1.37 bits per heavy atom. The molecule has 5 heteroatoms. The maximum atomic E-state index is 11.4. The van der Waals surface area contributed by atoms with Crippen LogP contribution in [0.5, 0.6) is 0 Å². The third-order valence-electron chi connectivity index (χ3n) is 3.13. The van der Waals surface area contributed by atoms with Crippen LogP contribution in [-0.2, 0) is 7.05 Å². The highest BCUT2D eigenvalue weighted by atomic mass is 35.5. The Labute approximate surface area is 115 Å². The fraction of sp³-hybridized carbons (Fsp3) is 0.143. The molecule has 19 heavy (non-hydrogen) atoms. The molecule has 2 aromatic rings. The highest BCUT2D eigenvalue weighted by Crippen LogP contribution is 2.31. The Bertz CT molecular complexity index is 674. The quantitative estimate of drug-likeness (QED) is 0.877. The molecule has 0 aliphatic carbocycles. The number of carbonyl (C=O) groups is 2. The highest BCUT2D eigenvalue weighted by Gasteiger charge is 2.20. The average Bonchev–Trinajstić information content (AvgIpc) is 2.65. The van der Waals surface area contributed by atoms with Crippen LogP contribution in [0.4, 0.5) is 0 Å². The summed E-state index contributed by atoms with van der Waals surface area (Å²) in [5.41, 5.74) is 2.25. The molecule has 0 atom stereocenters. The van der Waals surface area contributed by atoms with Crippen molar-refractivity contribution in [3.63, 3.8) is 0 Å². The molecule has 0 fully saturated rings. The van der Waals surface area contributed by atoms with Crippen LogP contribution in [0.2, 0.25) is 5.02 Å². The Morgan fingerprint density at radius 3 is 2.63 bits per heavy atom. The van der Waals surface area contributed by atoms with Crippen molar-refractivity contribution in [1.82, 2.24) is 4.57 Å². The minimum absolute atomic E-state index is 0.188. The van der Waals surface area contributed by atoms with Gasteiger partial charge in [0.25, 0.3) is 0 Å². The van der Waals surface area contributed by atoms with Gasteiger partial charge in [-0.1, -0.05) is 11.6 Å². The van der Waals surface area contributed by atoms with Crippen molar-refractivity contribution in [2.24, 2.45) is 7.05 Å². The summed E-state index contributed by atoms with van der Waals surface area (Å²) >= 11 is 5.93. The van der Waals surface area contributed by atoms with Crippen LogP contribution in [-0.4, -0.2) is 21.9 Å². The van der Waals surface area contributed by atoms with Gasteiger partial charge in [-0.3, -0.25) is 4.79 Å². The number of rotatable bonds is 3. The van der Waals surface area contributed by atoms with Crippen LogP contribution in [0.1, 0.15) is 26.4 Å². The predicted octanol–water partition coefficient (Wildman–Crippen LogP) is 3.16. The lowest BCUT2D eigenvalue weighted by molar-refractivity contribution is 0.0696. The van der Waals surface area contributed by atoms with Gasteiger partial charge in [-0.2, -0.15) is 0 Å². The summed E-state index contributed by atoms with van der Waals surface area (Å²) in [6, 6.07) is 4.79. The van der Waals surface area contributed by atoms with Crippen molar-refractivity contribution < 1.29 is 14.7 Å². The number of aldehydes is 1. The highest BCUT2D eigenvalue weighted by molar-refractivity contribution is 6.31. The molecular weight excluding hydrogens is 266 g/mol. The standard InChI is InChI=1S/C14H12ClNO3/c1-8-13(14(18)19)12(6-16(8)2)11-5-10(15)4-3-9(11)7-17/h3-7H,1-2H3,(H,18,19). The molecular formula is C14H12ClNO3. The Kier molecular flexibility index (Phi) is 3.44. The molecule has 0 saturated heterocycles. The molecule has 0 unspecified atom stereocenters. The second kappa shape index (κ2) is 4.90. The molecule has 2 rings (SSSR count). The molecule has 0 aliphatic heterocycles. The summed E-state index contributed by atoms with van der Waals surface area (Å²) in [6.07, 6.45) is 2.39. The molecule has 1 aromatic heterocycles. The first-order chi connectivity index (χ1) is 8.95. The Morgan fingerprint density at radius 2 is 2.05 bits per heavy atom. The Balaban J connectivity index is 2.79. The Hall–Kier alpha value is -2.07. The number of carboxylic acids is 1. The van der Waals surface area contributed by atoms with E-state index in [4.69, 9.17) is 11.6 Å². The molecule has 0 spiro atoms. The van der Waals surface area contributed by atoms with E-state index >= 15 is 0 Å². The average molecular weight is 278 g/mol. The number of aromatic nitrogens is 1. The minimum Gasteiger partial charge on any atom is -0.478 e. The summed E-state index contributed by atoms with van der Waals surface area (Å²) in [7, 11) is 1.76. The molecule has 0 saturated carbocycles. The van der Waals surface area contributed by atoms with E-state index < -0.39 is 5.97 Å². The van der Waals surface area contributed by atoms with Gasteiger partial charge in [0.2, 0.25) is 0 Å². The number of aromatic carboxylic acids is 1. The molecule has 0 radical (unpaired) electrons. The zero-order chi connectivity index (χ0) is 14.2. The van der Waals surface area contributed by atoms with Crippen molar-refractivity contribution in [3.8, 4) is 11.1 Å². The van der Waals surface area contributed by atoms with Crippen molar-refractivity contribution >= 4 is 23.9 Å². The van der Waals surface area contributed by atoms with E-state index in [0.717, 1.165) is 0 Å². The van der Waals surface area contributed by atoms with E-state index in [-0.39, 0.29) is 5.56 Å². The van der Waals surface area contributed by atoms with Crippen LogP contribution >= 0.6 is 11.6 Å². The van der Waals surface area contributed by atoms with E-state index in [9.17, 15) is 14.7 Å². The molecule has 4 nitrogen and oxygen atoms in total. The molecule has 1 heterocycles. The topological polar surface area (TPSA) is 59.3 Å². The minimum atomic E-state index is -1.02. The van der Waals surface area contributed by atoms with Gasteiger partial charge in [-0.05, 0) is 30.7 Å². The first-order valence-electron chi connectivity index (χ1n) is 5.60. The van der Waals surface area contributed by atoms with Crippen LogP contribution < -0.4 is 0 Å². The lowest BCUT2D eigenvalue weighted by atomic mass is 9.98. The third-order valence-corrected chi connectivity index (χ3v) is 3.36. The maximum Gasteiger partial charge on any atom is 0.338 e. The van der Waals surface area contributed by atoms with Crippen molar-refractivity contribution in [3.05, 3.63) is 46.2 Å². The fourth-order valence-electron chi connectivity index (χ4n) is 2.06. The van der Waals surface area contributed by atoms with Crippen molar-refractivity contribution in [2.45, 2.75) is 6.92 Å². The largest absolute Gasteiger partial charge is 0.478 e. The van der Waals surface area contributed by atoms with Crippen LogP contribution in [0.15, 0.2) is 24.4 Å². The van der Waals surface area contributed by atoms with E-state index in [1.165, 1.54) is 0 Å². The second-order valence-corrected chi connectivity index (χ2v) is 4.71. The normalized spacial score (nSPS) is 10.5. The van der Waals surface area contributed by atoms with E-state index in [1.807, 2.05) is 0 Å². The summed E-state index contributed by atoms with van der Waals surface area (Å²) < 4.78 is 1.72. The lowest BCUT2D eigenvalue weighted by Crippen LogP contribution is -2.01. The van der Waals surface area contributed by atoms with E-state index in [1.54, 1.807) is 42.9 Å². The second-order valence-electron chi connectivity index (χ2n) is 4.27. The molecule has 0 amide bonds. The van der Waals surface area contributed by atoms with Crippen molar-refractivity contribution in [1.29, 1.82) is 0 Å². The van der Waals surface area contributed by atoms with Gasteiger partial charge in [0.05, 0.1) is 5.56 Å². The fourth-order valence-corrected chi connectivity index (χ4v) is 2.24. The third kappa shape index (κ3) is 2.27. The monoisotopic (exact) mass is 277 g/mol. The number of hydrogen-bond acceptors (Lipinski definition) is 2. The smallest absolute Gasteiger partial charge is 0.338 e. The lowest BCUT2D eigenvalue weighted by Gasteiger charge is -2.05. The van der Waals surface area contributed by atoms with Gasteiger partial charge in [0.15, 0.2) is 6.29 Å². The molecule has 0 bridgehead atoms. The van der Waals surface area contributed by atoms with Gasteiger partial charge in [-0.15, -0.1) is 0 Å².